The first-order valence-corrected chi connectivity index (χ1v) is 10.6. The van der Waals surface area contributed by atoms with Gasteiger partial charge in [-0.25, -0.2) is 0 Å². The highest BCUT2D eigenvalue weighted by molar-refractivity contribution is 7.99. The van der Waals surface area contributed by atoms with Crippen LogP contribution in [0.4, 0.5) is 17.3 Å². The van der Waals surface area contributed by atoms with Gasteiger partial charge in [-0.2, -0.15) is 0 Å². The van der Waals surface area contributed by atoms with Crippen LogP contribution in [0.3, 0.4) is 0 Å². The number of carbonyl (C=O) groups excluding carboxylic acids is 1. The van der Waals surface area contributed by atoms with Crippen LogP contribution in [-0.2, 0) is 0 Å². The van der Waals surface area contributed by atoms with Crippen molar-refractivity contribution in [3.8, 4) is 0 Å². The third-order valence-electron chi connectivity index (χ3n) is 4.21. The number of allylic oxidation sites excluding steroid dienone is 1. The molecule has 3 rings (SSSR count). The van der Waals surface area contributed by atoms with Crippen molar-refractivity contribution < 1.29 is 21.7 Å². The van der Waals surface area contributed by atoms with Crippen LogP contribution < -0.4 is 0 Å². The summed E-state index contributed by atoms with van der Waals surface area (Å²) in [7, 11) is -6.00. The summed E-state index contributed by atoms with van der Waals surface area (Å²) in [6, 6.07) is 11.1. The third-order valence-corrected chi connectivity index (χ3v) is 5.36. The molecule has 0 N–H and O–H groups in total. The number of thioether (sulfide) groups is 1. The highest BCUT2D eigenvalue weighted by atomic mass is 32.2. The molecule has 0 amide bonds. The Bertz CT molecular complexity index is 840. The summed E-state index contributed by atoms with van der Waals surface area (Å²) in [6.07, 6.45) is 9.10. The van der Waals surface area contributed by atoms with Crippen molar-refractivity contribution in [3.63, 3.8) is 0 Å². The van der Waals surface area contributed by atoms with Gasteiger partial charge in [-0.15, -0.1) is 11.8 Å². The van der Waals surface area contributed by atoms with Crippen molar-refractivity contribution >= 4 is 41.6 Å². The highest BCUT2D eigenvalue weighted by Gasteiger charge is 2.25. The lowest BCUT2D eigenvalue weighted by atomic mass is 9.92. The Labute approximate surface area is 168 Å². The molecule has 0 saturated carbocycles. The summed E-state index contributed by atoms with van der Waals surface area (Å²) in [5.74, 6) is 2.21. The summed E-state index contributed by atoms with van der Waals surface area (Å²) in [5, 5.41) is 2.65. The second kappa shape index (κ2) is 10.7. The average molecular weight is 412 g/mol. The molecule has 2 aromatic carbocycles. The number of hydrogen-bond acceptors (Lipinski definition) is 1. The van der Waals surface area contributed by atoms with E-state index in [4.69, 9.17) is 4.42 Å². The van der Waals surface area contributed by atoms with E-state index in [2.05, 4.69) is 56.3 Å². The summed E-state index contributed by atoms with van der Waals surface area (Å²) < 4.78 is 45.1. The number of halogens is 4. The molecule has 0 fully saturated rings. The molecular weight excluding hydrogens is 387 g/mol. The topological polar surface area (TPSA) is 11.3 Å². The van der Waals surface area contributed by atoms with Crippen LogP contribution in [0.1, 0.15) is 55.1 Å². The van der Waals surface area contributed by atoms with E-state index in [1.165, 1.54) is 45.4 Å². The second-order valence-corrected chi connectivity index (χ2v) is 7.62. The van der Waals surface area contributed by atoms with Gasteiger partial charge in [0.2, 0.25) is 0 Å². The molecule has 7 heteroatoms. The normalized spacial score (nSPS) is 14.3. The smallest absolute Gasteiger partial charge is 0.418 e. The van der Waals surface area contributed by atoms with Crippen LogP contribution in [0.15, 0.2) is 41.3 Å². The summed E-state index contributed by atoms with van der Waals surface area (Å²) >= 11 is 1.96. The molecule has 0 aliphatic heterocycles. The molecule has 0 spiro atoms. The minimum atomic E-state index is -6.00. The SMILES string of the molecule is CCCC[O+]=C1C=Cc2cccc3ccc(SCCCC)c1c23.F[B-](F)(F)F. The van der Waals surface area contributed by atoms with Gasteiger partial charge in [0.05, 0.1) is 0 Å². The van der Waals surface area contributed by atoms with Gasteiger partial charge in [-0.3, -0.25) is 4.42 Å². The van der Waals surface area contributed by atoms with Crippen molar-refractivity contribution in [3.05, 3.63) is 47.5 Å². The first kappa shape index (κ1) is 22.5. The van der Waals surface area contributed by atoms with Crippen LogP contribution in [0, 0.1) is 0 Å². The van der Waals surface area contributed by atoms with Gasteiger partial charge in [0.1, 0.15) is 5.56 Å². The minimum absolute atomic E-state index is 0.799. The van der Waals surface area contributed by atoms with Gasteiger partial charge in [0, 0.05) is 22.8 Å². The first-order valence-electron chi connectivity index (χ1n) is 9.59. The molecule has 0 atom stereocenters. The quantitative estimate of drug-likeness (QED) is 0.150. The number of ketones is 1. The molecule has 152 valence electrons. The lowest BCUT2D eigenvalue weighted by Gasteiger charge is -2.14. The molecule has 0 heterocycles. The van der Waals surface area contributed by atoms with Crippen LogP contribution in [-0.4, -0.2) is 25.4 Å². The summed E-state index contributed by atoms with van der Waals surface area (Å²) in [6.45, 7) is 5.25. The van der Waals surface area contributed by atoms with Crippen LogP contribution in [0.25, 0.3) is 16.8 Å². The largest absolute Gasteiger partial charge is 0.673 e. The molecule has 0 saturated heterocycles. The van der Waals surface area contributed by atoms with Gasteiger partial charge in [-0.1, -0.05) is 44.5 Å². The van der Waals surface area contributed by atoms with Gasteiger partial charge in [0.15, 0.2) is 0 Å². The number of benzene rings is 2. The van der Waals surface area contributed by atoms with E-state index in [-0.39, 0.29) is 0 Å². The molecular formula is C21H25BF4OS. The van der Waals surface area contributed by atoms with E-state index >= 15 is 0 Å². The zero-order chi connectivity index (χ0) is 20.6. The van der Waals surface area contributed by atoms with E-state index in [0.717, 1.165) is 25.2 Å². The van der Waals surface area contributed by atoms with Crippen LogP contribution in [0.2, 0.25) is 0 Å². The third kappa shape index (κ3) is 6.69. The van der Waals surface area contributed by atoms with Gasteiger partial charge < -0.3 is 17.3 Å². The van der Waals surface area contributed by atoms with Crippen molar-refractivity contribution in [1.29, 1.82) is 0 Å². The Hall–Kier alpha value is -1.76. The standard InChI is InChI=1S/C21H25OS.BF4/c1-3-5-14-22-18-12-10-16-8-7-9-17-11-13-19(21(18)20(16)17)23-15-6-4-2;2-1(3,4)5/h7-13H,3-6,14-15H2,1-2H3;/q+1;-1. The van der Waals surface area contributed by atoms with Crippen molar-refractivity contribution in [2.24, 2.45) is 0 Å². The Balaban J connectivity index is 0.000000500. The van der Waals surface area contributed by atoms with Crippen molar-refractivity contribution in [2.75, 3.05) is 12.4 Å². The van der Waals surface area contributed by atoms with Crippen LogP contribution in [0.5, 0.6) is 0 Å². The van der Waals surface area contributed by atoms with Gasteiger partial charge in [0.25, 0.3) is 6.61 Å². The molecule has 0 aromatic heterocycles. The minimum Gasteiger partial charge on any atom is -0.418 e. The molecule has 1 aliphatic rings. The maximum absolute atomic E-state index is 9.75. The Morgan fingerprint density at radius 3 is 2.32 bits per heavy atom. The Morgan fingerprint density at radius 2 is 1.64 bits per heavy atom. The molecule has 0 bridgehead atoms. The number of hydrogen-bond donors (Lipinski definition) is 0. The number of unbranched alkanes of at least 4 members (excludes halogenated alkanes) is 2. The molecule has 1 nitrogen and oxygen atoms in total. The molecule has 0 radical (unpaired) electrons. The van der Waals surface area contributed by atoms with Gasteiger partial charge in [-0.05, 0) is 41.7 Å². The maximum atomic E-state index is 9.75. The predicted molar refractivity (Wildman–Crippen MR) is 113 cm³/mol. The van der Waals surface area contributed by atoms with Gasteiger partial charge >= 0.3 is 13.0 Å². The highest BCUT2D eigenvalue weighted by Crippen LogP contribution is 2.36. The van der Waals surface area contributed by atoms with Crippen molar-refractivity contribution in [2.45, 2.75) is 44.4 Å². The molecule has 28 heavy (non-hydrogen) atoms. The first-order chi connectivity index (χ1) is 13.3. The average Bonchev–Trinajstić information content (AvgIpc) is 2.64. The summed E-state index contributed by atoms with van der Waals surface area (Å²) in [4.78, 5) is 1.36. The zero-order valence-electron chi connectivity index (χ0n) is 16.2. The lowest BCUT2D eigenvalue weighted by Crippen LogP contribution is -2.07. The predicted octanol–water partition coefficient (Wildman–Crippen LogP) is 7.58. The zero-order valence-corrected chi connectivity index (χ0v) is 17.0. The monoisotopic (exact) mass is 412 g/mol. The Morgan fingerprint density at radius 1 is 0.929 bits per heavy atom. The Kier molecular flexibility index (Phi) is 8.61. The lowest BCUT2D eigenvalue weighted by molar-refractivity contribution is -0.269. The molecule has 0 unspecified atom stereocenters. The maximum Gasteiger partial charge on any atom is 0.673 e. The molecule has 2 aromatic rings. The van der Waals surface area contributed by atoms with E-state index in [0.29, 0.717) is 0 Å². The fraction of sp³-hybridized carbons (Fsp3) is 0.381. The van der Waals surface area contributed by atoms with Crippen LogP contribution >= 0.6 is 11.8 Å². The van der Waals surface area contributed by atoms with E-state index in [9.17, 15) is 17.3 Å². The van der Waals surface area contributed by atoms with E-state index < -0.39 is 7.25 Å². The number of rotatable bonds is 7. The fourth-order valence-corrected chi connectivity index (χ4v) is 4.08. The summed E-state index contributed by atoms with van der Waals surface area (Å²) in [5.41, 5.74) is 2.61. The van der Waals surface area contributed by atoms with E-state index in [1.807, 2.05) is 11.8 Å². The van der Waals surface area contributed by atoms with E-state index in [1.54, 1.807) is 0 Å². The fourth-order valence-electron chi connectivity index (χ4n) is 2.91. The van der Waals surface area contributed by atoms with Crippen molar-refractivity contribution in [1.82, 2.24) is 0 Å². The molecule has 1 aliphatic carbocycles. The second-order valence-electron chi connectivity index (χ2n) is 6.48.